The number of rotatable bonds is 6. The van der Waals surface area contributed by atoms with E-state index in [1.54, 1.807) is 11.0 Å². The number of anilines is 1. The van der Waals surface area contributed by atoms with Crippen LogP contribution in [0.4, 0.5) is 15.3 Å². The predicted molar refractivity (Wildman–Crippen MR) is 164 cm³/mol. The Labute approximate surface area is 253 Å². The first-order valence-electron chi connectivity index (χ1n) is 15.9. The van der Waals surface area contributed by atoms with Crippen LogP contribution >= 0.6 is 0 Å². The zero-order chi connectivity index (χ0) is 29.8. The molecule has 230 valence electrons. The normalized spacial score (nSPS) is 23.0. The fraction of sp³-hybridized carbons (Fsp3) is 0.594. The lowest BCUT2D eigenvalue weighted by atomic mass is 9.98. The van der Waals surface area contributed by atoms with Crippen molar-refractivity contribution in [3.63, 3.8) is 0 Å². The Balaban J connectivity index is 1.06. The van der Waals surface area contributed by atoms with Gasteiger partial charge in [0.1, 0.15) is 6.04 Å². The summed E-state index contributed by atoms with van der Waals surface area (Å²) in [7, 11) is 0. The van der Waals surface area contributed by atoms with Crippen molar-refractivity contribution in [2.24, 2.45) is 4.99 Å². The van der Waals surface area contributed by atoms with Crippen LogP contribution in [-0.2, 0) is 16.1 Å². The smallest absolute Gasteiger partial charge is 0.322 e. The van der Waals surface area contributed by atoms with Crippen molar-refractivity contribution in [3.05, 3.63) is 41.5 Å². The van der Waals surface area contributed by atoms with E-state index in [1.807, 2.05) is 34.1 Å². The molecule has 0 aromatic heterocycles. The van der Waals surface area contributed by atoms with Crippen molar-refractivity contribution in [1.29, 1.82) is 0 Å². The fourth-order valence-electron chi connectivity index (χ4n) is 7.14. The van der Waals surface area contributed by atoms with Crippen LogP contribution in [0.1, 0.15) is 63.4 Å². The van der Waals surface area contributed by atoms with Gasteiger partial charge in [0.25, 0.3) is 0 Å². The number of carbonyl (C=O) groups excluding carboxylic acids is 4. The van der Waals surface area contributed by atoms with E-state index in [-0.39, 0.29) is 36.3 Å². The number of nitrogens with zero attached hydrogens (tertiary/aromatic N) is 5. The van der Waals surface area contributed by atoms with Gasteiger partial charge in [0.15, 0.2) is 0 Å². The molecule has 0 radical (unpaired) electrons. The molecular weight excluding hydrogens is 546 g/mol. The van der Waals surface area contributed by atoms with Crippen LogP contribution in [0.3, 0.4) is 0 Å². The topological polar surface area (TPSA) is 118 Å². The Morgan fingerprint density at radius 1 is 0.907 bits per heavy atom. The van der Waals surface area contributed by atoms with Gasteiger partial charge in [-0.3, -0.25) is 9.59 Å². The molecule has 0 saturated carbocycles. The van der Waals surface area contributed by atoms with Crippen molar-refractivity contribution in [2.75, 3.05) is 44.6 Å². The van der Waals surface area contributed by atoms with Crippen LogP contribution in [0.15, 0.2) is 40.9 Å². The molecule has 5 aliphatic rings. The minimum absolute atomic E-state index is 0.0391. The lowest BCUT2D eigenvalue weighted by Crippen LogP contribution is -2.57. The average molecular weight is 590 g/mol. The summed E-state index contributed by atoms with van der Waals surface area (Å²) >= 11 is 0. The highest BCUT2D eigenvalue weighted by atomic mass is 16.2. The highest BCUT2D eigenvalue weighted by Crippen LogP contribution is 2.28. The quantitative estimate of drug-likeness (QED) is 0.528. The molecular formula is C32H43N7O4. The maximum Gasteiger partial charge on any atom is 0.322 e. The number of para-hydroxylation sites is 1. The Morgan fingerprint density at radius 3 is 2.33 bits per heavy atom. The summed E-state index contributed by atoms with van der Waals surface area (Å²) < 4.78 is 0. The first-order valence-corrected chi connectivity index (χ1v) is 15.9. The van der Waals surface area contributed by atoms with E-state index in [4.69, 9.17) is 0 Å². The molecule has 3 saturated heterocycles. The number of likely N-dealkylation sites (tertiary alicyclic amines) is 3. The van der Waals surface area contributed by atoms with Crippen LogP contribution in [0, 0.1) is 0 Å². The third kappa shape index (κ3) is 6.92. The molecule has 5 heterocycles. The number of nitrogens with one attached hydrogen (secondary N) is 2. The summed E-state index contributed by atoms with van der Waals surface area (Å²) in [5.74, 6) is -0.278. The Morgan fingerprint density at radius 2 is 1.60 bits per heavy atom. The summed E-state index contributed by atoms with van der Waals surface area (Å²) in [6.07, 6.45) is 10.9. The number of benzene rings is 1. The van der Waals surface area contributed by atoms with Crippen LogP contribution in [0.5, 0.6) is 0 Å². The third-order valence-corrected chi connectivity index (χ3v) is 9.69. The maximum absolute atomic E-state index is 13.8. The molecule has 1 unspecified atom stereocenters. The van der Waals surface area contributed by atoms with Crippen LogP contribution in [0.2, 0.25) is 0 Å². The third-order valence-electron chi connectivity index (χ3n) is 9.69. The summed E-state index contributed by atoms with van der Waals surface area (Å²) in [4.78, 5) is 63.8. The van der Waals surface area contributed by atoms with E-state index in [0.717, 1.165) is 42.8 Å². The van der Waals surface area contributed by atoms with Crippen molar-refractivity contribution < 1.29 is 19.2 Å². The minimum atomic E-state index is -0.730. The first kappa shape index (κ1) is 29.3. The van der Waals surface area contributed by atoms with Gasteiger partial charge >= 0.3 is 12.1 Å². The number of piperidine rings is 3. The van der Waals surface area contributed by atoms with Crippen molar-refractivity contribution in [3.8, 4) is 0 Å². The van der Waals surface area contributed by atoms with Gasteiger partial charge in [-0.15, -0.1) is 0 Å². The van der Waals surface area contributed by atoms with Gasteiger partial charge in [-0.05, 0) is 68.8 Å². The molecule has 0 bridgehead atoms. The number of aliphatic imine (C=N–C) groups is 1. The molecule has 43 heavy (non-hydrogen) atoms. The number of hydrogen-bond donors (Lipinski definition) is 2. The Kier molecular flexibility index (Phi) is 9.06. The van der Waals surface area contributed by atoms with Crippen molar-refractivity contribution in [1.82, 2.24) is 24.9 Å². The molecule has 2 N–H and O–H groups in total. The second-order valence-electron chi connectivity index (χ2n) is 12.4. The molecule has 6 amide bonds. The van der Waals surface area contributed by atoms with Crippen molar-refractivity contribution >= 4 is 35.8 Å². The van der Waals surface area contributed by atoms with E-state index < -0.39 is 6.04 Å². The van der Waals surface area contributed by atoms with E-state index in [9.17, 15) is 19.2 Å². The average Bonchev–Trinajstić information content (AvgIpc) is 3.05. The number of dihydropyridines is 1. The summed E-state index contributed by atoms with van der Waals surface area (Å²) in [5, 5.41) is 6.02. The lowest BCUT2D eigenvalue weighted by Gasteiger charge is -2.42. The zero-order valence-electron chi connectivity index (χ0n) is 24.9. The summed E-state index contributed by atoms with van der Waals surface area (Å²) in [6, 6.07) is 7.30. The molecule has 1 aromatic carbocycles. The second-order valence-corrected chi connectivity index (χ2v) is 12.4. The zero-order valence-corrected chi connectivity index (χ0v) is 24.9. The molecule has 1 atom stereocenters. The van der Waals surface area contributed by atoms with Gasteiger partial charge in [-0.1, -0.05) is 30.7 Å². The van der Waals surface area contributed by atoms with E-state index >= 15 is 0 Å². The minimum Gasteiger partial charge on any atom is -0.341 e. The number of fused-ring (bicyclic) bond motifs is 1. The lowest BCUT2D eigenvalue weighted by molar-refractivity contribution is -0.134. The predicted octanol–water partition coefficient (Wildman–Crippen LogP) is 3.37. The van der Waals surface area contributed by atoms with Crippen LogP contribution < -0.4 is 10.6 Å². The van der Waals surface area contributed by atoms with Gasteiger partial charge in [-0.2, -0.15) is 0 Å². The Bertz CT molecular complexity index is 1270. The maximum atomic E-state index is 13.8. The van der Waals surface area contributed by atoms with Gasteiger partial charge in [-0.25, -0.2) is 14.6 Å². The molecule has 0 spiro atoms. The van der Waals surface area contributed by atoms with E-state index in [2.05, 4.69) is 20.5 Å². The molecule has 1 aromatic rings. The van der Waals surface area contributed by atoms with Crippen LogP contribution in [0.25, 0.3) is 0 Å². The molecule has 3 fully saturated rings. The SMILES string of the molecule is O=C1CC=C(CC(NC(=O)N2CCC(N3Cc4ccccc4NC3=O)CC2)C(=O)N2CCC(N3CCCCC3)CC2)C=N1. The van der Waals surface area contributed by atoms with Gasteiger partial charge < -0.3 is 30.2 Å². The highest BCUT2D eigenvalue weighted by molar-refractivity contribution is 5.97. The van der Waals surface area contributed by atoms with E-state index in [1.165, 1.54) is 25.5 Å². The highest BCUT2D eigenvalue weighted by Gasteiger charge is 2.36. The molecule has 5 aliphatic heterocycles. The number of urea groups is 2. The number of hydrogen-bond acceptors (Lipinski definition) is 5. The van der Waals surface area contributed by atoms with Gasteiger partial charge in [0.2, 0.25) is 11.8 Å². The number of carbonyl (C=O) groups is 4. The number of amides is 6. The molecule has 11 heteroatoms. The van der Waals surface area contributed by atoms with Crippen molar-refractivity contribution in [2.45, 2.75) is 82.5 Å². The van der Waals surface area contributed by atoms with Crippen LogP contribution in [-0.4, -0.2) is 107 Å². The monoisotopic (exact) mass is 589 g/mol. The second kappa shape index (κ2) is 13.3. The van der Waals surface area contributed by atoms with Gasteiger partial charge in [0, 0.05) is 69.6 Å². The Hall–Kier alpha value is -3.73. The standard InChI is InChI=1S/C32H43N7O4/c40-29-9-8-23(21-33-29)20-28(30(41)37-16-10-25(11-17-37)36-14-4-1-5-15-36)35-31(42)38-18-12-26(13-19-38)39-22-24-6-2-3-7-27(24)34-32(39)43/h2-3,6-8,21,25-26,28H,1,4-5,9-20,22H2,(H,34,43)(H,35,42). The van der Waals surface area contributed by atoms with Gasteiger partial charge in [0.05, 0.1) is 0 Å². The fourth-order valence-corrected chi connectivity index (χ4v) is 7.14. The first-order chi connectivity index (χ1) is 20.9. The molecule has 6 rings (SSSR count). The molecule has 11 nitrogen and oxygen atoms in total. The summed E-state index contributed by atoms with van der Waals surface area (Å²) in [6.45, 7) is 5.23. The largest absolute Gasteiger partial charge is 0.341 e. The van der Waals surface area contributed by atoms with E-state index in [0.29, 0.717) is 58.0 Å². The molecule has 0 aliphatic carbocycles. The summed E-state index contributed by atoms with van der Waals surface area (Å²) in [5.41, 5.74) is 2.73.